The molecule has 1 amide bonds. The van der Waals surface area contributed by atoms with Gasteiger partial charge in [-0.1, -0.05) is 56.3 Å². The monoisotopic (exact) mass is 321 g/mol. The number of nitrogens with one attached hydrogen (secondary N) is 1. The number of aromatic nitrogens is 2. The molecule has 0 aliphatic rings. The lowest BCUT2D eigenvalue weighted by Gasteiger charge is -2.17. The maximum atomic E-state index is 12.6. The second-order valence-electron chi connectivity index (χ2n) is 6.68. The van der Waals surface area contributed by atoms with Gasteiger partial charge in [0.2, 0.25) is 0 Å². The van der Waals surface area contributed by atoms with Crippen LogP contribution in [0.3, 0.4) is 0 Å². The highest BCUT2D eigenvalue weighted by Gasteiger charge is 2.16. The molecule has 0 bridgehead atoms. The normalized spacial score (nSPS) is 11.2. The Hall–Kier alpha value is -2.62. The highest BCUT2D eigenvalue weighted by Crippen LogP contribution is 2.20. The van der Waals surface area contributed by atoms with Crippen LogP contribution in [0.25, 0.3) is 10.8 Å². The minimum Gasteiger partial charge on any atom is -0.336 e. The maximum Gasteiger partial charge on any atom is 0.274 e. The van der Waals surface area contributed by atoms with Gasteiger partial charge in [0.05, 0.1) is 0 Å². The average molecular weight is 321 g/mol. The van der Waals surface area contributed by atoms with E-state index in [1.807, 2.05) is 31.3 Å². The Kier molecular flexibility index (Phi) is 4.65. The van der Waals surface area contributed by atoms with Gasteiger partial charge in [0.15, 0.2) is 0 Å². The number of hydrogen-bond donors (Lipinski definition) is 1. The summed E-state index contributed by atoms with van der Waals surface area (Å²) in [5.74, 6) is 0.469. The summed E-state index contributed by atoms with van der Waals surface area (Å²) in [4.78, 5) is 14.3. The van der Waals surface area contributed by atoms with Gasteiger partial charge in [0.1, 0.15) is 5.69 Å². The van der Waals surface area contributed by atoms with Gasteiger partial charge in [-0.2, -0.15) is 5.10 Å². The Morgan fingerprint density at radius 1 is 1.17 bits per heavy atom. The van der Waals surface area contributed by atoms with E-state index < -0.39 is 0 Å². The van der Waals surface area contributed by atoms with E-state index in [0.717, 1.165) is 17.7 Å². The first-order chi connectivity index (χ1) is 11.5. The van der Waals surface area contributed by atoms with Crippen LogP contribution in [0.2, 0.25) is 0 Å². The van der Waals surface area contributed by atoms with Crippen LogP contribution in [0.15, 0.2) is 48.5 Å². The molecule has 1 heterocycles. The molecule has 24 heavy (non-hydrogen) atoms. The standard InChI is InChI=1S/C20H23N3O/c1-14(2)11-17-12-19(22-21-17)20(24)23(3)13-16-9-6-8-15-7-4-5-10-18(15)16/h4-10,12,14H,11,13H2,1-3H3,(H,21,22). The minimum atomic E-state index is -0.0609. The van der Waals surface area contributed by atoms with E-state index in [-0.39, 0.29) is 5.91 Å². The summed E-state index contributed by atoms with van der Waals surface area (Å²) in [5, 5.41) is 9.52. The van der Waals surface area contributed by atoms with Crippen LogP contribution in [0.5, 0.6) is 0 Å². The maximum absolute atomic E-state index is 12.6. The summed E-state index contributed by atoms with van der Waals surface area (Å²) in [5.41, 5.74) is 2.63. The number of nitrogens with zero attached hydrogens (tertiary/aromatic N) is 2. The zero-order valence-electron chi connectivity index (χ0n) is 14.4. The number of carbonyl (C=O) groups excluding carboxylic acids is 1. The topological polar surface area (TPSA) is 49.0 Å². The summed E-state index contributed by atoms with van der Waals surface area (Å²) in [6.07, 6.45) is 0.896. The number of amides is 1. The highest BCUT2D eigenvalue weighted by molar-refractivity contribution is 5.92. The molecule has 1 aromatic heterocycles. The van der Waals surface area contributed by atoms with Crippen molar-refractivity contribution in [1.29, 1.82) is 0 Å². The SMILES string of the molecule is CC(C)Cc1cc(C(=O)N(C)Cc2cccc3ccccc23)n[nH]1. The van der Waals surface area contributed by atoms with Crippen LogP contribution < -0.4 is 0 Å². The second kappa shape index (κ2) is 6.87. The Labute approximate surface area is 142 Å². The second-order valence-corrected chi connectivity index (χ2v) is 6.68. The van der Waals surface area contributed by atoms with E-state index in [1.54, 1.807) is 4.90 Å². The van der Waals surface area contributed by atoms with Crippen molar-refractivity contribution in [3.63, 3.8) is 0 Å². The first-order valence-electron chi connectivity index (χ1n) is 8.31. The molecule has 124 valence electrons. The van der Waals surface area contributed by atoms with E-state index in [4.69, 9.17) is 0 Å². The van der Waals surface area contributed by atoms with Gasteiger partial charge in [-0.25, -0.2) is 0 Å². The molecule has 0 fully saturated rings. The summed E-state index contributed by atoms with van der Waals surface area (Å²) in [6.45, 7) is 4.86. The Morgan fingerprint density at radius 2 is 1.92 bits per heavy atom. The number of carbonyl (C=O) groups is 1. The molecule has 1 N–H and O–H groups in total. The Balaban J connectivity index is 1.77. The predicted molar refractivity (Wildman–Crippen MR) is 96.9 cm³/mol. The third kappa shape index (κ3) is 3.48. The Morgan fingerprint density at radius 3 is 2.71 bits per heavy atom. The van der Waals surface area contributed by atoms with Gasteiger partial charge >= 0.3 is 0 Å². The summed E-state index contributed by atoms with van der Waals surface area (Å²) in [6, 6.07) is 16.3. The van der Waals surface area contributed by atoms with Crippen LogP contribution >= 0.6 is 0 Å². The first kappa shape index (κ1) is 16.2. The van der Waals surface area contributed by atoms with Gasteiger partial charge < -0.3 is 4.90 Å². The largest absolute Gasteiger partial charge is 0.336 e. The van der Waals surface area contributed by atoms with E-state index in [9.17, 15) is 4.79 Å². The Bertz CT molecular complexity index is 845. The molecule has 0 atom stereocenters. The molecular weight excluding hydrogens is 298 g/mol. The molecule has 0 unspecified atom stereocenters. The third-order valence-electron chi connectivity index (χ3n) is 4.11. The molecular formula is C20H23N3O. The van der Waals surface area contributed by atoms with E-state index in [2.05, 4.69) is 48.3 Å². The van der Waals surface area contributed by atoms with E-state index >= 15 is 0 Å². The van der Waals surface area contributed by atoms with E-state index in [1.165, 1.54) is 10.8 Å². The van der Waals surface area contributed by atoms with E-state index in [0.29, 0.717) is 18.2 Å². The van der Waals surface area contributed by atoms with Gasteiger partial charge in [-0.15, -0.1) is 0 Å². The van der Waals surface area contributed by atoms with Gasteiger partial charge in [0.25, 0.3) is 5.91 Å². The molecule has 0 aliphatic heterocycles. The van der Waals surface area contributed by atoms with Crippen LogP contribution in [0.4, 0.5) is 0 Å². The average Bonchev–Trinajstić information content (AvgIpc) is 3.02. The van der Waals surface area contributed by atoms with Crippen LogP contribution in [-0.4, -0.2) is 28.1 Å². The van der Waals surface area contributed by atoms with Crippen molar-refractivity contribution in [3.8, 4) is 0 Å². The molecule has 3 aromatic rings. The number of fused-ring (bicyclic) bond motifs is 1. The third-order valence-corrected chi connectivity index (χ3v) is 4.11. The van der Waals surface area contributed by atoms with Crippen molar-refractivity contribution in [3.05, 3.63) is 65.5 Å². The van der Waals surface area contributed by atoms with Crippen LogP contribution in [-0.2, 0) is 13.0 Å². The van der Waals surface area contributed by atoms with Crippen molar-refractivity contribution in [2.75, 3.05) is 7.05 Å². The minimum absolute atomic E-state index is 0.0609. The lowest BCUT2D eigenvalue weighted by atomic mass is 10.0. The van der Waals surface area contributed by atoms with Crippen molar-refractivity contribution >= 4 is 16.7 Å². The van der Waals surface area contributed by atoms with Crippen molar-refractivity contribution in [1.82, 2.24) is 15.1 Å². The molecule has 0 radical (unpaired) electrons. The zero-order valence-corrected chi connectivity index (χ0v) is 14.4. The first-order valence-corrected chi connectivity index (χ1v) is 8.31. The van der Waals surface area contributed by atoms with Gasteiger partial charge in [0, 0.05) is 19.3 Å². The lowest BCUT2D eigenvalue weighted by Crippen LogP contribution is -2.26. The quantitative estimate of drug-likeness (QED) is 0.771. The molecule has 2 aromatic carbocycles. The van der Waals surface area contributed by atoms with Crippen LogP contribution in [0.1, 0.15) is 35.6 Å². The molecule has 0 spiro atoms. The fourth-order valence-electron chi connectivity index (χ4n) is 2.97. The number of benzene rings is 2. The fourth-order valence-corrected chi connectivity index (χ4v) is 2.97. The van der Waals surface area contributed by atoms with Gasteiger partial charge in [-0.3, -0.25) is 9.89 Å². The number of H-pyrrole nitrogens is 1. The number of rotatable bonds is 5. The van der Waals surface area contributed by atoms with Crippen molar-refractivity contribution in [2.45, 2.75) is 26.8 Å². The molecule has 0 aliphatic carbocycles. The summed E-state index contributed by atoms with van der Waals surface area (Å²) in [7, 11) is 1.82. The number of aromatic amines is 1. The van der Waals surface area contributed by atoms with Gasteiger partial charge in [-0.05, 0) is 34.7 Å². The zero-order chi connectivity index (χ0) is 17.1. The summed E-state index contributed by atoms with van der Waals surface area (Å²) >= 11 is 0. The van der Waals surface area contributed by atoms with Crippen molar-refractivity contribution < 1.29 is 4.79 Å². The molecule has 0 saturated heterocycles. The highest BCUT2D eigenvalue weighted by atomic mass is 16.2. The number of hydrogen-bond acceptors (Lipinski definition) is 2. The molecule has 0 saturated carbocycles. The molecule has 4 nitrogen and oxygen atoms in total. The van der Waals surface area contributed by atoms with Crippen LogP contribution in [0, 0.1) is 5.92 Å². The molecule has 3 rings (SSSR count). The molecule has 4 heteroatoms. The lowest BCUT2D eigenvalue weighted by molar-refractivity contribution is 0.0780. The smallest absolute Gasteiger partial charge is 0.274 e. The fraction of sp³-hybridized carbons (Fsp3) is 0.300. The predicted octanol–water partition coefficient (Wildman–Crippen LogP) is 4.03. The summed E-state index contributed by atoms with van der Waals surface area (Å²) < 4.78 is 0. The van der Waals surface area contributed by atoms with Crippen molar-refractivity contribution in [2.24, 2.45) is 5.92 Å².